The maximum absolute atomic E-state index is 5.43. The summed E-state index contributed by atoms with van der Waals surface area (Å²) in [4.78, 5) is 0. The molecule has 1 aliphatic rings. The van der Waals surface area contributed by atoms with E-state index in [0.29, 0.717) is 6.04 Å². The Morgan fingerprint density at radius 1 is 1.54 bits per heavy atom. The van der Waals surface area contributed by atoms with Gasteiger partial charge in [0.15, 0.2) is 0 Å². The van der Waals surface area contributed by atoms with Crippen molar-refractivity contribution in [2.75, 3.05) is 5.75 Å². The van der Waals surface area contributed by atoms with Crippen LogP contribution in [0.3, 0.4) is 0 Å². The highest BCUT2D eigenvalue weighted by atomic mass is 32.2. The topological polar surface area (TPSA) is 38.0 Å². The van der Waals surface area contributed by atoms with Crippen LogP contribution in [0.25, 0.3) is 0 Å². The molecule has 76 valence electrons. The molecule has 13 heavy (non-hydrogen) atoms. The minimum absolute atomic E-state index is 0.406. The Labute approximate surface area is 85.3 Å². The molecule has 1 rings (SSSR count). The van der Waals surface area contributed by atoms with Gasteiger partial charge < -0.3 is 0 Å². The first-order valence-electron chi connectivity index (χ1n) is 5.05. The average molecular weight is 200 g/mol. The number of hydrogen-bond acceptors (Lipinski definition) is 3. The first-order valence-corrected chi connectivity index (χ1v) is 6.10. The zero-order chi connectivity index (χ0) is 9.52. The highest BCUT2D eigenvalue weighted by molar-refractivity contribution is 7.99. The van der Waals surface area contributed by atoms with Gasteiger partial charge in [0, 0.05) is 17.0 Å². The number of hydrogen-bond donors (Lipinski definition) is 2. The van der Waals surface area contributed by atoms with Crippen LogP contribution in [0, 0.1) is 0 Å². The maximum Gasteiger partial charge on any atom is 0.0335 e. The van der Waals surface area contributed by atoms with E-state index in [0.717, 1.165) is 17.4 Å². The molecule has 1 saturated carbocycles. The van der Waals surface area contributed by atoms with Gasteiger partial charge in [0.1, 0.15) is 0 Å². The molecule has 2 nitrogen and oxygen atoms in total. The van der Waals surface area contributed by atoms with Gasteiger partial charge in [0.05, 0.1) is 0 Å². The minimum Gasteiger partial charge on any atom is -0.271 e. The number of nitrogens with one attached hydrogen (secondary N) is 1. The van der Waals surface area contributed by atoms with Crippen molar-refractivity contribution in [3.05, 3.63) is 12.7 Å². The van der Waals surface area contributed by atoms with Gasteiger partial charge in [0.2, 0.25) is 0 Å². The van der Waals surface area contributed by atoms with Gasteiger partial charge >= 0.3 is 0 Å². The molecule has 0 aliphatic heterocycles. The molecular weight excluding hydrogens is 180 g/mol. The Bertz CT molecular complexity index is 144. The normalized spacial score (nSPS) is 20.4. The largest absolute Gasteiger partial charge is 0.271 e. The molecule has 1 unspecified atom stereocenters. The van der Waals surface area contributed by atoms with Crippen molar-refractivity contribution in [3.63, 3.8) is 0 Å². The van der Waals surface area contributed by atoms with Gasteiger partial charge in [-0.1, -0.05) is 18.9 Å². The smallest absolute Gasteiger partial charge is 0.0335 e. The Balaban J connectivity index is 2.10. The van der Waals surface area contributed by atoms with E-state index in [-0.39, 0.29) is 0 Å². The monoisotopic (exact) mass is 200 g/mol. The van der Waals surface area contributed by atoms with Crippen LogP contribution in [-0.4, -0.2) is 17.0 Å². The molecule has 0 radical (unpaired) electrons. The Morgan fingerprint density at radius 3 is 2.77 bits per heavy atom. The fourth-order valence-corrected chi connectivity index (χ4v) is 3.10. The maximum atomic E-state index is 5.43. The molecule has 1 aliphatic carbocycles. The molecule has 0 saturated heterocycles. The summed E-state index contributed by atoms with van der Waals surface area (Å²) in [6.45, 7) is 3.72. The van der Waals surface area contributed by atoms with Crippen LogP contribution in [0.5, 0.6) is 0 Å². The van der Waals surface area contributed by atoms with Crippen molar-refractivity contribution in [2.45, 2.75) is 43.4 Å². The summed E-state index contributed by atoms with van der Waals surface area (Å²) in [6.07, 6.45) is 8.53. The standard InChI is InChI=1S/C10H20N2S/c1-2-5-9(12-11)8-13-10-6-3-4-7-10/h2,9-10,12H,1,3-8,11H2. The Morgan fingerprint density at radius 2 is 2.23 bits per heavy atom. The van der Waals surface area contributed by atoms with E-state index < -0.39 is 0 Å². The molecule has 0 spiro atoms. The SMILES string of the molecule is C=CCC(CSC1CCCC1)NN. The quantitative estimate of drug-likeness (QED) is 0.391. The van der Waals surface area contributed by atoms with Gasteiger partial charge in [-0.15, -0.1) is 6.58 Å². The van der Waals surface area contributed by atoms with Gasteiger partial charge in [-0.25, -0.2) is 0 Å². The highest BCUT2D eigenvalue weighted by Crippen LogP contribution is 2.29. The molecule has 1 fully saturated rings. The van der Waals surface area contributed by atoms with E-state index in [1.54, 1.807) is 0 Å². The molecule has 3 heteroatoms. The van der Waals surface area contributed by atoms with E-state index >= 15 is 0 Å². The summed E-state index contributed by atoms with van der Waals surface area (Å²) in [7, 11) is 0. The number of hydrazine groups is 1. The Hall–Kier alpha value is 0.01000. The molecule has 0 amide bonds. The summed E-state index contributed by atoms with van der Waals surface area (Å²) in [6, 6.07) is 0.406. The van der Waals surface area contributed by atoms with Gasteiger partial charge in [-0.2, -0.15) is 11.8 Å². The van der Waals surface area contributed by atoms with Crippen molar-refractivity contribution in [1.29, 1.82) is 0 Å². The molecule has 1 atom stereocenters. The van der Waals surface area contributed by atoms with Gasteiger partial charge in [-0.3, -0.25) is 11.3 Å². The lowest BCUT2D eigenvalue weighted by molar-refractivity contribution is 0.584. The lowest BCUT2D eigenvalue weighted by Gasteiger charge is -2.15. The fraction of sp³-hybridized carbons (Fsp3) is 0.800. The van der Waals surface area contributed by atoms with Crippen molar-refractivity contribution >= 4 is 11.8 Å². The zero-order valence-electron chi connectivity index (χ0n) is 8.17. The fourth-order valence-electron chi connectivity index (χ4n) is 1.69. The lowest BCUT2D eigenvalue weighted by Crippen LogP contribution is -2.36. The van der Waals surface area contributed by atoms with Crippen LogP contribution < -0.4 is 11.3 Å². The van der Waals surface area contributed by atoms with E-state index in [2.05, 4.69) is 23.8 Å². The predicted molar refractivity (Wildman–Crippen MR) is 60.6 cm³/mol. The summed E-state index contributed by atoms with van der Waals surface area (Å²) >= 11 is 2.07. The first kappa shape index (κ1) is 11.1. The number of thioether (sulfide) groups is 1. The van der Waals surface area contributed by atoms with Gasteiger partial charge in [-0.05, 0) is 19.3 Å². The molecular formula is C10H20N2S. The van der Waals surface area contributed by atoms with Crippen molar-refractivity contribution in [1.82, 2.24) is 5.43 Å². The van der Waals surface area contributed by atoms with Crippen LogP contribution in [0.15, 0.2) is 12.7 Å². The third kappa shape index (κ3) is 4.16. The second kappa shape index (κ2) is 6.46. The summed E-state index contributed by atoms with van der Waals surface area (Å²) < 4.78 is 0. The zero-order valence-corrected chi connectivity index (χ0v) is 8.98. The van der Waals surface area contributed by atoms with E-state index in [9.17, 15) is 0 Å². The van der Waals surface area contributed by atoms with Crippen LogP contribution >= 0.6 is 11.8 Å². The van der Waals surface area contributed by atoms with Crippen molar-refractivity contribution in [2.24, 2.45) is 5.84 Å². The van der Waals surface area contributed by atoms with E-state index in [4.69, 9.17) is 5.84 Å². The van der Waals surface area contributed by atoms with Crippen LogP contribution in [0.2, 0.25) is 0 Å². The lowest BCUT2D eigenvalue weighted by atomic mass is 10.2. The van der Waals surface area contributed by atoms with Crippen LogP contribution in [0.1, 0.15) is 32.1 Å². The molecule has 0 heterocycles. The third-order valence-corrected chi connectivity index (χ3v) is 4.06. The summed E-state index contributed by atoms with van der Waals surface area (Å²) in [5.41, 5.74) is 2.83. The van der Waals surface area contributed by atoms with Crippen LogP contribution in [-0.2, 0) is 0 Å². The molecule has 0 bridgehead atoms. The average Bonchev–Trinajstić information content (AvgIpc) is 2.64. The van der Waals surface area contributed by atoms with Gasteiger partial charge in [0.25, 0.3) is 0 Å². The van der Waals surface area contributed by atoms with Crippen molar-refractivity contribution < 1.29 is 0 Å². The molecule has 0 aromatic rings. The second-order valence-electron chi connectivity index (χ2n) is 3.63. The van der Waals surface area contributed by atoms with Crippen molar-refractivity contribution in [3.8, 4) is 0 Å². The van der Waals surface area contributed by atoms with E-state index in [1.165, 1.54) is 25.7 Å². The summed E-state index contributed by atoms with van der Waals surface area (Å²) in [5, 5.41) is 0.890. The first-order chi connectivity index (χ1) is 6.36. The van der Waals surface area contributed by atoms with Crippen LogP contribution in [0.4, 0.5) is 0 Å². The molecule has 3 N–H and O–H groups in total. The van der Waals surface area contributed by atoms with E-state index in [1.807, 2.05) is 6.08 Å². The number of nitrogens with two attached hydrogens (primary N) is 1. The minimum atomic E-state index is 0.406. The molecule has 0 aromatic carbocycles. The third-order valence-electron chi connectivity index (χ3n) is 2.52. The predicted octanol–water partition coefficient (Wildman–Crippen LogP) is 2.07. The Kier molecular flexibility index (Phi) is 5.51. The molecule has 0 aromatic heterocycles. The number of rotatable bonds is 6. The second-order valence-corrected chi connectivity index (χ2v) is 4.96. The summed E-state index contributed by atoms with van der Waals surface area (Å²) in [5.74, 6) is 6.55. The highest BCUT2D eigenvalue weighted by Gasteiger charge is 2.16.